The molecule has 0 aromatic rings. The Morgan fingerprint density at radius 3 is 1.88 bits per heavy atom. The molecule has 0 N–H and O–H groups in total. The first-order valence-corrected chi connectivity index (χ1v) is 8.92. The summed E-state index contributed by atoms with van der Waals surface area (Å²) in [6.45, 7) is 5.01. The van der Waals surface area contributed by atoms with Gasteiger partial charge in [0.1, 0.15) is 0 Å². The van der Waals surface area contributed by atoms with Crippen LogP contribution in [0.15, 0.2) is 0 Å². The summed E-state index contributed by atoms with van der Waals surface area (Å²) in [4.78, 5) is 0. The highest BCUT2D eigenvalue weighted by atomic mass is 32.2. The molecule has 2 atom stereocenters. The van der Waals surface area contributed by atoms with Crippen LogP contribution in [0.25, 0.3) is 0 Å². The molecule has 3 saturated carbocycles. The van der Waals surface area contributed by atoms with Gasteiger partial charge in [0.2, 0.25) is 0 Å². The molecule has 0 radical (unpaired) electrons. The zero-order valence-corrected chi connectivity index (χ0v) is 12.3. The van der Waals surface area contributed by atoms with Gasteiger partial charge in [-0.25, -0.2) is 0 Å². The Labute approximate surface area is 111 Å². The molecule has 2 unspecified atom stereocenters. The molecule has 0 amide bonds. The molecule has 98 valence electrons. The first kappa shape index (κ1) is 12.4. The summed E-state index contributed by atoms with van der Waals surface area (Å²) in [6, 6.07) is 0. The lowest BCUT2D eigenvalue weighted by Crippen LogP contribution is -2.28. The fraction of sp³-hybridized carbons (Fsp3) is 1.00. The predicted octanol–water partition coefficient (Wildman–Crippen LogP) is 4.98. The Morgan fingerprint density at radius 2 is 1.41 bits per heavy atom. The van der Waals surface area contributed by atoms with Crippen molar-refractivity contribution in [2.45, 2.75) is 64.0 Å². The maximum Gasteiger partial charge on any atom is 0.0104 e. The number of rotatable bonds is 5. The summed E-state index contributed by atoms with van der Waals surface area (Å²) < 4.78 is 0. The maximum atomic E-state index is 2.50. The standard InChI is InChI=1S/C16H28S/c1-11-4-3-5-12(2)15(11)10-17-16(13-6-7-13)14-8-9-14/h11-16H,3-10H2,1-2H3. The Balaban J connectivity index is 1.51. The van der Waals surface area contributed by atoms with E-state index < -0.39 is 0 Å². The van der Waals surface area contributed by atoms with Crippen LogP contribution in [0.5, 0.6) is 0 Å². The van der Waals surface area contributed by atoms with Gasteiger partial charge in [-0.2, -0.15) is 11.8 Å². The average molecular weight is 252 g/mol. The van der Waals surface area contributed by atoms with E-state index in [4.69, 9.17) is 0 Å². The summed E-state index contributed by atoms with van der Waals surface area (Å²) in [5.41, 5.74) is 0. The van der Waals surface area contributed by atoms with E-state index in [-0.39, 0.29) is 0 Å². The molecule has 3 fully saturated rings. The van der Waals surface area contributed by atoms with Crippen LogP contribution < -0.4 is 0 Å². The molecule has 0 spiro atoms. The number of hydrogen-bond donors (Lipinski definition) is 0. The topological polar surface area (TPSA) is 0 Å². The van der Waals surface area contributed by atoms with E-state index in [0.717, 1.165) is 34.8 Å². The van der Waals surface area contributed by atoms with Crippen LogP contribution in [0.3, 0.4) is 0 Å². The highest BCUT2D eigenvalue weighted by Crippen LogP contribution is 2.51. The van der Waals surface area contributed by atoms with Gasteiger partial charge < -0.3 is 0 Å². The summed E-state index contributed by atoms with van der Waals surface area (Å²) >= 11 is 2.38. The summed E-state index contributed by atoms with van der Waals surface area (Å²) in [5.74, 6) is 6.73. The molecule has 0 aromatic heterocycles. The van der Waals surface area contributed by atoms with Crippen molar-refractivity contribution in [3.05, 3.63) is 0 Å². The minimum atomic E-state index is 0.991. The van der Waals surface area contributed by atoms with Crippen molar-refractivity contribution in [2.24, 2.45) is 29.6 Å². The van der Waals surface area contributed by atoms with E-state index in [2.05, 4.69) is 25.6 Å². The van der Waals surface area contributed by atoms with Gasteiger partial charge in [0, 0.05) is 5.25 Å². The third-order valence-electron chi connectivity index (χ3n) is 5.44. The second kappa shape index (κ2) is 5.15. The first-order valence-electron chi connectivity index (χ1n) is 7.87. The lowest BCUT2D eigenvalue weighted by Gasteiger charge is -2.35. The molecular formula is C16H28S. The van der Waals surface area contributed by atoms with Gasteiger partial charge in [0.25, 0.3) is 0 Å². The van der Waals surface area contributed by atoms with Crippen molar-refractivity contribution in [1.82, 2.24) is 0 Å². The van der Waals surface area contributed by atoms with Crippen LogP contribution in [0.4, 0.5) is 0 Å². The van der Waals surface area contributed by atoms with Crippen molar-refractivity contribution in [1.29, 1.82) is 0 Å². The molecule has 0 heterocycles. The Kier molecular flexibility index (Phi) is 3.75. The van der Waals surface area contributed by atoms with Crippen LogP contribution in [0.1, 0.15) is 58.8 Å². The van der Waals surface area contributed by atoms with Crippen LogP contribution in [0, 0.1) is 29.6 Å². The first-order chi connectivity index (χ1) is 8.25. The molecular weight excluding hydrogens is 224 g/mol. The van der Waals surface area contributed by atoms with Crippen LogP contribution in [0.2, 0.25) is 0 Å². The minimum Gasteiger partial charge on any atom is -0.158 e. The fourth-order valence-electron chi connectivity index (χ4n) is 3.81. The number of thioether (sulfide) groups is 1. The molecule has 0 bridgehead atoms. The highest BCUT2D eigenvalue weighted by Gasteiger charge is 2.42. The van der Waals surface area contributed by atoms with Crippen molar-refractivity contribution in [3.63, 3.8) is 0 Å². The molecule has 17 heavy (non-hydrogen) atoms. The molecule has 3 aliphatic carbocycles. The monoisotopic (exact) mass is 252 g/mol. The Morgan fingerprint density at radius 1 is 0.882 bits per heavy atom. The third kappa shape index (κ3) is 3.03. The van der Waals surface area contributed by atoms with Gasteiger partial charge in [-0.15, -0.1) is 0 Å². The lowest BCUT2D eigenvalue weighted by atomic mass is 9.75. The zero-order chi connectivity index (χ0) is 11.8. The fourth-order valence-corrected chi connectivity index (χ4v) is 6.00. The van der Waals surface area contributed by atoms with Crippen molar-refractivity contribution in [2.75, 3.05) is 5.75 Å². The van der Waals surface area contributed by atoms with Crippen molar-refractivity contribution >= 4 is 11.8 Å². The second-order valence-corrected chi connectivity index (χ2v) is 8.23. The van der Waals surface area contributed by atoms with Gasteiger partial charge in [-0.3, -0.25) is 0 Å². The van der Waals surface area contributed by atoms with E-state index in [0.29, 0.717) is 0 Å². The summed E-state index contributed by atoms with van der Waals surface area (Å²) in [5, 5.41) is 1.07. The van der Waals surface area contributed by atoms with E-state index in [1.54, 1.807) is 25.7 Å². The van der Waals surface area contributed by atoms with E-state index in [1.165, 1.54) is 25.0 Å². The third-order valence-corrected chi connectivity index (χ3v) is 7.17. The highest BCUT2D eigenvalue weighted by molar-refractivity contribution is 7.99. The molecule has 3 rings (SSSR count). The molecule has 1 heteroatoms. The van der Waals surface area contributed by atoms with E-state index >= 15 is 0 Å². The number of hydrogen-bond acceptors (Lipinski definition) is 1. The van der Waals surface area contributed by atoms with Crippen molar-refractivity contribution < 1.29 is 0 Å². The lowest BCUT2D eigenvalue weighted by molar-refractivity contribution is 0.202. The van der Waals surface area contributed by atoms with Crippen LogP contribution in [-0.4, -0.2) is 11.0 Å². The molecule has 0 aliphatic heterocycles. The minimum absolute atomic E-state index is 0.991. The summed E-state index contributed by atoms with van der Waals surface area (Å²) in [7, 11) is 0. The molecule has 3 aliphatic rings. The van der Waals surface area contributed by atoms with Gasteiger partial charge in [-0.1, -0.05) is 33.1 Å². The van der Waals surface area contributed by atoms with Gasteiger partial charge in [0.05, 0.1) is 0 Å². The zero-order valence-electron chi connectivity index (χ0n) is 11.5. The predicted molar refractivity (Wildman–Crippen MR) is 77.4 cm³/mol. The van der Waals surface area contributed by atoms with Crippen molar-refractivity contribution in [3.8, 4) is 0 Å². The van der Waals surface area contributed by atoms with E-state index in [9.17, 15) is 0 Å². The normalized spacial score (nSPS) is 38.6. The largest absolute Gasteiger partial charge is 0.158 e. The van der Waals surface area contributed by atoms with Gasteiger partial charge in [-0.05, 0) is 61.0 Å². The molecule has 0 aromatic carbocycles. The molecule has 0 nitrogen and oxygen atoms in total. The maximum absolute atomic E-state index is 2.50. The summed E-state index contributed by atoms with van der Waals surface area (Å²) in [6.07, 6.45) is 10.7. The molecule has 0 saturated heterocycles. The van der Waals surface area contributed by atoms with Crippen LogP contribution >= 0.6 is 11.8 Å². The quantitative estimate of drug-likeness (QED) is 0.665. The van der Waals surface area contributed by atoms with Gasteiger partial charge in [0.15, 0.2) is 0 Å². The van der Waals surface area contributed by atoms with Crippen LogP contribution in [-0.2, 0) is 0 Å². The average Bonchev–Trinajstić information content (AvgIpc) is 3.15. The second-order valence-electron chi connectivity index (χ2n) is 7.02. The van der Waals surface area contributed by atoms with Gasteiger partial charge >= 0.3 is 0 Å². The Hall–Kier alpha value is 0.350. The smallest absolute Gasteiger partial charge is 0.0104 e. The SMILES string of the molecule is CC1CCCC(C)C1CSC(C1CC1)C1CC1. The van der Waals surface area contributed by atoms with E-state index in [1.807, 2.05) is 0 Å². The Bertz CT molecular complexity index is 232.